The number of benzene rings is 3. The molecule has 1 saturated carbocycles. The lowest BCUT2D eigenvalue weighted by molar-refractivity contribution is -0.145. The molecule has 0 unspecified atom stereocenters. The lowest BCUT2D eigenvalue weighted by Crippen LogP contribution is -2.15. The van der Waals surface area contributed by atoms with E-state index in [1.165, 1.54) is 11.1 Å². The van der Waals surface area contributed by atoms with E-state index in [-0.39, 0.29) is 28.5 Å². The van der Waals surface area contributed by atoms with Crippen LogP contribution in [0.5, 0.6) is 5.75 Å². The zero-order valence-corrected chi connectivity index (χ0v) is 22.6. The van der Waals surface area contributed by atoms with E-state index >= 15 is 0 Å². The van der Waals surface area contributed by atoms with Gasteiger partial charge in [-0.3, -0.25) is 4.79 Å². The Morgan fingerprint density at radius 1 is 1.05 bits per heavy atom. The third kappa shape index (κ3) is 5.16. The summed E-state index contributed by atoms with van der Waals surface area (Å²) in [6, 6.07) is 17.8. The predicted octanol–water partition coefficient (Wildman–Crippen LogP) is 7.74. The first kappa shape index (κ1) is 25.5. The van der Waals surface area contributed by atoms with Crippen molar-refractivity contribution in [2.24, 2.45) is 11.3 Å². The van der Waals surface area contributed by atoms with Gasteiger partial charge in [0.05, 0.1) is 12.5 Å². The molecule has 1 spiro atoms. The summed E-state index contributed by atoms with van der Waals surface area (Å²) < 4.78 is 26.4. The first-order chi connectivity index (χ1) is 17.6. The molecule has 3 aromatic carbocycles. The SMILES string of the molecule is CCOC(=O)[C@@H]1C[C@]12CCc1ccc(OCc3ccc(-c4cc(C)ccc4F)c(CC(C)(C)C)c3)cc12. The van der Waals surface area contributed by atoms with Crippen molar-refractivity contribution >= 4 is 5.97 Å². The molecule has 37 heavy (non-hydrogen) atoms. The van der Waals surface area contributed by atoms with Crippen molar-refractivity contribution < 1.29 is 18.7 Å². The van der Waals surface area contributed by atoms with Gasteiger partial charge >= 0.3 is 5.97 Å². The van der Waals surface area contributed by atoms with Gasteiger partial charge in [-0.2, -0.15) is 0 Å². The molecule has 3 aromatic rings. The zero-order valence-electron chi connectivity index (χ0n) is 22.6. The van der Waals surface area contributed by atoms with Gasteiger partial charge in [-0.25, -0.2) is 4.39 Å². The van der Waals surface area contributed by atoms with Crippen LogP contribution in [-0.2, 0) is 34.4 Å². The summed E-state index contributed by atoms with van der Waals surface area (Å²) >= 11 is 0. The largest absolute Gasteiger partial charge is 0.489 e. The Morgan fingerprint density at radius 3 is 2.62 bits per heavy atom. The molecule has 0 N–H and O–H groups in total. The number of esters is 1. The normalized spacial score (nSPS) is 20.1. The van der Waals surface area contributed by atoms with Crippen LogP contribution in [0.2, 0.25) is 0 Å². The first-order valence-corrected chi connectivity index (χ1v) is 13.4. The van der Waals surface area contributed by atoms with E-state index in [4.69, 9.17) is 9.47 Å². The molecular formula is C33H37FO3. The molecule has 0 aliphatic heterocycles. The number of carbonyl (C=O) groups excluding carboxylic acids is 1. The van der Waals surface area contributed by atoms with E-state index < -0.39 is 0 Å². The maximum absolute atomic E-state index is 14.8. The molecule has 2 atom stereocenters. The van der Waals surface area contributed by atoms with Gasteiger partial charge in [0.25, 0.3) is 0 Å². The molecule has 0 bridgehead atoms. The second kappa shape index (κ2) is 9.63. The highest BCUT2D eigenvalue weighted by atomic mass is 19.1. The summed E-state index contributed by atoms with van der Waals surface area (Å²) in [4.78, 5) is 12.4. The Hall–Kier alpha value is -3.14. The molecule has 194 valence electrons. The molecule has 1 fully saturated rings. The third-order valence-electron chi connectivity index (χ3n) is 7.81. The smallest absolute Gasteiger partial charge is 0.309 e. The van der Waals surface area contributed by atoms with E-state index in [0.717, 1.165) is 53.7 Å². The third-order valence-corrected chi connectivity index (χ3v) is 7.81. The fraction of sp³-hybridized carbons (Fsp3) is 0.424. The Bertz CT molecular complexity index is 1340. The quantitative estimate of drug-likeness (QED) is 0.311. The van der Waals surface area contributed by atoms with Crippen LogP contribution in [0.15, 0.2) is 54.6 Å². The lowest BCUT2D eigenvalue weighted by Gasteiger charge is -2.22. The van der Waals surface area contributed by atoms with Crippen LogP contribution in [0.4, 0.5) is 4.39 Å². The van der Waals surface area contributed by atoms with Crippen molar-refractivity contribution in [2.45, 2.75) is 72.3 Å². The monoisotopic (exact) mass is 500 g/mol. The van der Waals surface area contributed by atoms with Gasteiger partial charge in [-0.15, -0.1) is 0 Å². The van der Waals surface area contributed by atoms with Crippen LogP contribution in [0.3, 0.4) is 0 Å². The van der Waals surface area contributed by atoms with E-state index in [2.05, 4.69) is 39.0 Å². The number of carbonyl (C=O) groups is 1. The molecule has 0 heterocycles. The van der Waals surface area contributed by atoms with Crippen LogP contribution in [0.25, 0.3) is 11.1 Å². The predicted molar refractivity (Wildman–Crippen MR) is 145 cm³/mol. The molecule has 0 radical (unpaired) electrons. The van der Waals surface area contributed by atoms with Crippen LogP contribution in [0.1, 0.15) is 68.4 Å². The number of ether oxygens (including phenoxy) is 2. The molecule has 3 nitrogen and oxygen atoms in total. The van der Waals surface area contributed by atoms with E-state index in [9.17, 15) is 9.18 Å². The van der Waals surface area contributed by atoms with E-state index in [0.29, 0.717) is 18.8 Å². The average Bonchev–Trinajstić information content (AvgIpc) is 3.47. The Labute approximate surface area is 220 Å². The fourth-order valence-electron chi connectivity index (χ4n) is 5.98. The van der Waals surface area contributed by atoms with Gasteiger partial charge in [0.2, 0.25) is 0 Å². The van der Waals surface area contributed by atoms with Gasteiger partial charge in [-0.1, -0.05) is 56.7 Å². The fourth-order valence-corrected chi connectivity index (χ4v) is 5.98. The standard InChI is InChI=1S/C33H37FO3/c1-6-36-31(35)29-19-33(29)14-13-23-9-10-25(17-28(23)33)37-20-22-8-11-26(24(16-22)18-32(3,4)5)27-15-21(2)7-12-30(27)34/h7-12,15-17,29H,6,13-14,18-20H2,1-5H3/t29-,33-/m0/s1. The Kier molecular flexibility index (Phi) is 6.64. The van der Waals surface area contributed by atoms with Gasteiger partial charge in [-0.05, 0) is 97.0 Å². The van der Waals surface area contributed by atoms with Crippen LogP contribution < -0.4 is 4.74 Å². The van der Waals surface area contributed by atoms with Gasteiger partial charge in [0.1, 0.15) is 18.2 Å². The maximum Gasteiger partial charge on any atom is 0.309 e. The van der Waals surface area contributed by atoms with Crippen molar-refractivity contribution in [3.63, 3.8) is 0 Å². The summed E-state index contributed by atoms with van der Waals surface area (Å²) in [5, 5.41) is 0. The minimum absolute atomic E-state index is 0.0292. The Balaban J connectivity index is 1.37. The molecule has 4 heteroatoms. The molecular weight excluding hydrogens is 463 g/mol. The molecule has 2 aliphatic rings. The summed E-state index contributed by atoms with van der Waals surface area (Å²) in [7, 11) is 0. The number of fused-ring (bicyclic) bond motifs is 2. The van der Waals surface area contributed by atoms with Crippen LogP contribution >= 0.6 is 0 Å². The maximum atomic E-state index is 14.8. The van der Waals surface area contributed by atoms with Crippen molar-refractivity contribution in [1.29, 1.82) is 0 Å². The molecule has 2 aliphatic carbocycles. The van der Waals surface area contributed by atoms with Gasteiger partial charge < -0.3 is 9.47 Å². The van der Waals surface area contributed by atoms with E-state index in [1.54, 1.807) is 6.07 Å². The molecule has 0 saturated heterocycles. The second-order valence-electron chi connectivity index (χ2n) is 12.0. The Morgan fingerprint density at radius 2 is 1.86 bits per heavy atom. The average molecular weight is 501 g/mol. The summed E-state index contributed by atoms with van der Waals surface area (Å²) in [6.07, 6.45) is 3.71. The van der Waals surface area contributed by atoms with Crippen LogP contribution in [-0.4, -0.2) is 12.6 Å². The molecule has 0 aromatic heterocycles. The number of aryl methyl sites for hydroxylation is 2. The van der Waals surface area contributed by atoms with Gasteiger partial charge in [0.15, 0.2) is 0 Å². The summed E-state index contributed by atoms with van der Waals surface area (Å²) in [5.41, 5.74) is 7.37. The summed E-state index contributed by atoms with van der Waals surface area (Å²) in [6.45, 7) is 11.3. The topological polar surface area (TPSA) is 35.5 Å². The van der Waals surface area contributed by atoms with E-state index in [1.807, 2.05) is 44.2 Å². The zero-order chi connectivity index (χ0) is 26.4. The number of rotatable bonds is 7. The first-order valence-electron chi connectivity index (χ1n) is 13.4. The van der Waals surface area contributed by atoms with Crippen molar-refractivity contribution in [3.05, 3.63) is 88.2 Å². The van der Waals surface area contributed by atoms with Crippen LogP contribution in [0, 0.1) is 24.1 Å². The number of hydrogen-bond acceptors (Lipinski definition) is 3. The van der Waals surface area contributed by atoms with Crippen molar-refractivity contribution in [1.82, 2.24) is 0 Å². The minimum atomic E-state index is -0.196. The highest BCUT2D eigenvalue weighted by Gasteiger charge is 2.62. The molecule has 0 amide bonds. The number of hydrogen-bond donors (Lipinski definition) is 0. The van der Waals surface area contributed by atoms with Gasteiger partial charge in [0, 0.05) is 11.0 Å². The molecule has 5 rings (SSSR count). The van der Waals surface area contributed by atoms with Crippen molar-refractivity contribution in [3.8, 4) is 16.9 Å². The highest BCUT2D eigenvalue weighted by molar-refractivity contribution is 5.80. The number of halogens is 1. The lowest BCUT2D eigenvalue weighted by atomic mass is 9.84. The minimum Gasteiger partial charge on any atom is -0.489 e. The van der Waals surface area contributed by atoms with Crippen molar-refractivity contribution in [2.75, 3.05) is 6.61 Å². The summed E-state index contributed by atoms with van der Waals surface area (Å²) in [5.74, 6) is 0.524. The second-order valence-corrected chi connectivity index (χ2v) is 12.0. The highest BCUT2D eigenvalue weighted by Crippen LogP contribution is 2.62.